The lowest BCUT2D eigenvalue weighted by atomic mass is 9.88. The lowest BCUT2D eigenvalue weighted by Crippen LogP contribution is -2.26. The Kier molecular flexibility index (Phi) is 4.94. The van der Waals surface area contributed by atoms with Crippen LogP contribution in [0.15, 0.2) is 12.3 Å². The molecule has 1 saturated heterocycles. The Morgan fingerprint density at radius 1 is 1.26 bits per heavy atom. The summed E-state index contributed by atoms with van der Waals surface area (Å²) in [6.07, 6.45) is 4.57. The number of aromatic nitrogens is 1. The molecule has 1 aromatic heterocycles. The first-order valence-corrected chi connectivity index (χ1v) is 7.36. The molecule has 106 valence electrons. The van der Waals surface area contributed by atoms with Crippen LogP contribution in [0.4, 0.5) is 0 Å². The van der Waals surface area contributed by atoms with Gasteiger partial charge < -0.3 is 10.1 Å². The van der Waals surface area contributed by atoms with E-state index in [-0.39, 0.29) is 6.10 Å². The Balaban J connectivity index is 2.30. The summed E-state index contributed by atoms with van der Waals surface area (Å²) in [5, 5.41) is 3.42. The highest BCUT2D eigenvalue weighted by Gasteiger charge is 2.20. The molecule has 1 fully saturated rings. The van der Waals surface area contributed by atoms with Gasteiger partial charge in [-0.25, -0.2) is 0 Å². The standard InChI is InChI=1S/C16H26N2O/c1-11(2)15-9-14(13-5-7-17-8-6-13)10-18-16(15)12(3)19-4/h9-13,17H,5-8H2,1-4H3. The minimum Gasteiger partial charge on any atom is -0.375 e. The lowest BCUT2D eigenvalue weighted by Gasteiger charge is -2.25. The maximum absolute atomic E-state index is 5.44. The first-order valence-electron chi connectivity index (χ1n) is 7.36. The van der Waals surface area contributed by atoms with Crippen LogP contribution in [0, 0.1) is 0 Å². The van der Waals surface area contributed by atoms with Crippen LogP contribution in [-0.2, 0) is 4.74 Å². The van der Waals surface area contributed by atoms with Crippen LogP contribution in [0.25, 0.3) is 0 Å². The summed E-state index contributed by atoms with van der Waals surface area (Å²) in [6, 6.07) is 2.36. The largest absolute Gasteiger partial charge is 0.375 e. The molecule has 0 radical (unpaired) electrons. The second-order valence-electron chi connectivity index (χ2n) is 5.80. The summed E-state index contributed by atoms with van der Waals surface area (Å²) in [6.45, 7) is 8.78. The summed E-state index contributed by atoms with van der Waals surface area (Å²) in [5.41, 5.74) is 3.83. The molecule has 0 amide bonds. The van der Waals surface area contributed by atoms with Crippen LogP contribution >= 0.6 is 0 Å². The van der Waals surface area contributed by atoms with Crippen LogP contribution < -0.4 is 5.32 Å². The van der Waals surface area contributed by atoms with Gasteiger partial charge in [-0.05, 0) is 55.8 Å². The highest BCUT2D eigenvalue weighted by Crippen LogP contribution is 2.31. The molecule has 1 atom stereocenters. The van der Waals surface area contributed by atoms with E-state index < -0.39 is 0 Å². The maximum atomic E-state index is 5.44. The van der Waals surface area contributed by atoms with Crippen molar-refractivity contribution in [1.82, 2.24) is 10.3 Å². The van der Waals surface area contributed by atoms with Gasteiger partial charge in [-0.3, -0.25) is 4.98 Å². The van der Waals surface area contributed by atoms with E-state index in [2.05, 4.69) is 38.4 Å². The first kappa shape index (κ1) is 14.5. The highest BCUT2D eigenvalue weighted by molar-refractivity contribution is 5.31. The predicted molar refractivity (Wildman–Crippen MR) is 78.6 cm³/mol. The molecule has 2 rings (SSSR count). The Morgan fingerprint density at radius 2 is 1.95 bits per heavy atom. The van der Waals surface area contributed by atoms with E-state index in [1.807, 2.05) is 0 Å². The summed E-state index contributed by atoms with van der Waals surface area (Å²) in [4.78, 5) is 4.70. The molecule has 3 nitrogen and oxygen atoms in total. The van der Waals surface area contributed by atoms with Gasteiger partial charge in [-0.15, -0.1) is 0 Å². The fourth-order valence-corrected chi connectivity index (χ4v) is 2.80. The van der Waals surface area contributed by atoms with Gasteiger partial charge in [0.15, 0.2) is 0 Å². The summed E-state index contributed by atoms with van der Waals surface area (Å²) in [7, 11) is 1.75. The van der Waals surface area contributed by atoms with Crippen molar-refractivity contribution in [2.45, 2.75) is 51.6 Å². The molecule has 0 aliphatic carbocycles. The zero-order chi connectivity index (χ0) is 13.8. The molecule has 19 heavy (non-hydrogen) atoms. The summed E-state index contributed by atoms with van der Waals surface area (Å²) < 4.78 is 5.44. The van der Waals surface area contributed by atoms with Crippen molar-refractivity contribution in [3.8, 4) is 0 Å². The van der Waals surface area contributed by atoms with Crippen LogP contribution in [0.2, 0.25) is 0 Å². The highest BCUT2D eigenvalue weighted by atomic mass is 16.5. The van der Waals surface area contributed by atoms with Gasteiger partial charge in [0.05, 0.1) is 11.8 Å². The van der Waals surface area contributed by atoms with E-state index >= 15 is 0 Å². The number of rotatable bonds is 4. The van der Waals surface area contributed by atoms with Gasteiger partial charge in [0, 0.05) is 13.3 Å². The Bertz CT molecular complexity index is 411. The smallest absolute Gasteiger partial charge is 0.0965 e. The van der Waals surface area contributed by atoms with E-state index in [1.165, 1.54) is 24.0 Å². The third-order valence-electron chi connectivity index (χ3n) is 4.14. The SMILES string of the molecule is COC(C)c1ncc(C2CCNCC2)cc1C(C)C. The number of ether oxygens (including phenoxy) is 1. The van der Waals surface area contributed by atoms with Crippen molar-refractivity contribution >= 4 is 0 Å². The molecule has 0 saturated carbocycles. The average Bonchev–Trinajstić information content (AvgIpc) is 2.46. The van der Waals surface area contributed by atoms with E-state index in [0.29, 0.717) is 11.8 Å². The number of pyridine rings is 1. The Hall–Kier alpha value is -0.930. The van der Waals surface area contributed by atoms with Crippen molar-refractivity contribution in [2.24, 2.45) is 0 Å². The van der Waals surface area contributed by atoms with Gasteiger partial charge in [0.1, 0.15) is 0 Å². The zero-order valence-electron chi connectivity index (χ0n) is 12.6. The molecule has 0 spiro atoms. The van der Waals surface area contributed by atoms with Crippen molar-refractivity contribution in [2.75, 3.05) is 20.2 Å². The quantitative estimate of drug-likeness (QED) is 0.903. The van der Waals surface area contributed by atoms with Crippen LogP contribution in [0.3, 0.4) is 0 Å². The van der Waals surface area contributed by atoms with Crippen molar-refractivity contribution in [1.29, 1.82) is 0 Å². The predicted octanol–water partition coefficient (Wildman–Crippen LogP) is 3.38. The molecular formula is C16H26N2O. The third-order valence-corrected chi connectivity index (χ3v) is 4.14. The Morgan fingerprint density at radius 3 is 2.53 bits per heavy atom. The fraction of sp³-hybridized carbons (Fsp3) is 0.688. The molecule has 3 heteroatoms. The normalized spacial score (nSPS) is 18.8. The summed E-state index contributed by atoms with van der Waals surface area (Å²) in [5.74, 6) is 1.15. The molecular weight excluding hydrogens is 236 g/mol. The minimum atomic E-state index is 0.0690. The van der Waals surface area contributed by atoms with Crippen LogP contribution in [0.1, 0.15) is 68.4 Å². The fourth-order valence-electron chi connectivity index (χ4n) is 2.80. The van der Waals surface area contributed by atoms with Crippen molar-refractivity contribution < 1.29 is 4.74 Å². The van der Waals surface area contributed by atoms with Crippen molar-refractivity contribution in [3.63, 3.8) is 0 Å². The molecule has 2 heterocycles. The van der Waals surface area contributed by atoms with Crippen LogP contribution in [-0.4, -0.2) is 25.2 Å². The number of nitrogens with one attached hydrogen (secondary N) is 1. The van der Waals surface area contributed by atoms with Gasteiger partial charge in [-0.2, -0.15) is 0 Å². The average molecular weight is 262 g/mol. The van der Waals surface area contributed by atoms with E-state index in [9.17, 15) is 0 Å². The third kappa shape index (κ3) is 3.34. The van der Waals surface area contributed by atoms with Gasteiger partial charge in [-0.1, -0.05) is 19.9 Å². The monoisotopic (exact) mass is 262 g/mol. The number of piperidine rings is 1. The second kappa shape index (κ2) is 6.49. The Labute approximate surface area is 116 Å². The lowest BCUT2D eigenvalue weighted by molar-refractivity contribution is 0.115. The van der Waals surface area contributed by atoms with Crippen LogP contribution in [0.5, 0.6) is 0 Å². The van der Waals surface area contributed by atoms with E-state index in [0.717, 1.165) is 18.8 Å². The number of nitrogens with zero attached hydrogens (tertiary/aromatic N) is 1. The van der Waals surface area contributed by atoms with E-state index in [1.54, 1.807) is 7.11 Å². The minimum absolute atomic E-state index is 0.0690. The molecule has 1 aliphatic heterocycles. The second-order valence-corrected chi connectivity index (χ2v) is 5.80. The number of hydrogen-bond acceptors (Lipinski definition) is 3. The topological polar surface area (TPSA) is 34.1 Å². The molecule has 0 aromatic carbocycles. The first-order chi connectivity index (χ1) is 9.13. The van der Waals surface area contributed by atoms with Gasteiger partial charge in [0.25, 0.3) is 0 Å². The number of methoxy groups -OCH3 is 1. The summed E-state index contributed by atoms with van der Waals surface area (Å²) >= 11 is 0. The zero-order valence-corrected chi connectivity index (χ0v) is 12.6. The van der Waals surface area contributed by atoms with E-state index in [4.69, 9.17) is 9.72 Å². The molecule has 1 aromatic rings. The number of hydrogen-bond donors (Lipinski definition) is 1. The molecule has 1 aliphatic rings. The molecule has 1 N–H and O–H groups in total. The molecule has 1 unspecified atom stereocenters. The van der Waals surface area contributed by atoms with Gasteiger partial charge in [0.2, 0.25) is 0 Å². The maximum Gasteiger partial charge on any atom is 0.0965 e. The van der Waals surface area contributed by atoms with Crippen molar-refractivity contribution in [3.05, 3.63) is 29.1 Å². The van der Waals surface area contributed by atoms with Gasteiger partial charge >= 0.3 is 0 Å². The molecule has 0 bridgehead atoms.